The topological polar surface area (TPSA) is 67.8 Å². The lowest BCUT2D eigenvalue weighted by atomic mass is 10.2. The highest BCUT2D eigenvalue weighted by Crippen LogP contribution is 2.37. The van der Waals surface area contributed by atoms with E-state index in [4.69, 9.17) is 4.98 Å². The molecule has 5 aromatic rings. The van der Waals surface area contributed by atoms with E-state index in [-0.39, 0.29) is 17.5 Å². The third-order valence-electron chi connectivity index (χ3n) is 4.38. The number of rotatable bonds is 4. The lowest BCUT2D eigenvalue weighted by Gasteiger charge is -2.05. The minimum absolute atomic E-state index is 0.182. The average Bonchev–Trinajstić information content (AvgIpc) is 3.10. The second-order valence-corrected chi connectivity index (χ2v) is 8.30. The molecule has 3 heterocycles. The van der Waals surface area contributed by atoms with Crippen molar-refractivity contribution in [2.45, 2.75) is 5.03 Å². The van der Waals surface area contributed by atoms with Gasteiger partial charge in [0.2, 0.25) is 5.91 Å². The SMILES string of the molecule is O=C(CSc1ncnc2c1sc1nc3ccccc3cc12)Nc1ccc(F)cc1. The van der Waals surface area contributed by atoms with E-state index in [2.05, 4.69) is 21.4 Å². The molecular weight excluding hydrogens is 407 g/mol. The van der Waals surface area contributed by atoms with Crippen molar-refractivity contribution < 1.29 is 9.18 Å². The summed E-state index contributed by atoms with van der Waals surface area (Å²) < 4.78 is 13.9. The molecule has 0 saturated heterocycles. The molecule has 2 aromatic carbocycles. The van der Waals surface area contributed by atoms with Crippen LogP contribution in [0.25, 0.3) is 31.3 Å². The predicted octanol–water partition coefficient (Wildman–Crippen LogP) is 5.26. The average molecular weight is 420 g/mol. The molecule has 0 fully saturated rings. The van der Waals surface area contributed by atoms with Crippen LogP contribution >= 0.6 is 23.1 Å². The molecule has 0 bridgehead atoms. The van der Waals surface area contributed by atoms with Crippen molar-refractivity contribution in [2.75, 3.05) is 11.1 Å². The largest absolute Gasteiger partial charge is 0.325 e. The van der Waals surface area contributed by atoms with Gasteiger partial charge in [-0.15, -0.1) is 11.3 Å². The zero-order chi connectivity index (χ0) is 19.8. The molecule has 0 radical (unpaired) electrons. The minimum atomic E-state index is -0.341. The molecule has 1 amide bonds. The highest BCUT2D eigenvalue weighted by Gasteiger charge is 2.15. The van der Waals surface area contributed by atoms with Gasteiger partial charge in [-0.25, -0.2) is 19.3 Å². The molecule has 29 heavy (non-hydrogen) atoms. The van der Waals surface area contributed by atoms with E-state index in [1.54, 1.807) is 0 Å². The quantitative estimate of drug-likeness (QED) is 0.317. The van der Waals surface area contributed by atoms with Gasteiger partial charge in [-0.05, 0) is 36.4 Å². The second kappa shape index (κ2) is 7.38. The highest BCUT2D eigenvalue weighted by atomic mass is 32.2. The molecule has 0 aliphatic rings. The molecule has 0 aliphatic carbocycles. The number of pyridine rings is 1. The van der Waals surface area contributed by atoms with Gasteiger partial charge < -0.3 is 5.32 Å². The first-order chi connectivity index (χ1) is 14.2. The van der Waals surface area contributed by atoms with E-state index in [0.29, 0.717) is 5.69 Å². The van der Waals surface area contributed by atoms with E-state index >= 15 is 0 Å². The molecule has 8 heteroatoms. The lowest BCUT2D eigenvalue weighted by molar-refractivity contribution is -0.113. The number of nitrogens with zero attached hydrogens (tertiary/aromatic N) is 3. The molecule has 5 nitrogen and oxygen atoms in total. The molecule has 0 spiro atoms. The Morgan fingerprint density at radius 1 is 1.10 bits per heavy atom. The molecule has 0 atom stereocenters. The Bertz CT molecular complexity index is 1370. The van der Waals surface area contributed by atoms with Crippen LogP contribution in [0.5, 0.6) is 0 Å². The van der Waals surface area contributed by atoms with Gasteiger partial charge in [-0.3, -0.25) is 4.79 Å². The van der Waals surface area contributed by atoms with Crippen LogP contribution in [0, 0.1) is 5.82 Å². The van der Waals surface area contributed by atoms with Crippen LogP contribution in [0.1, 0.15) is 0 Å². The number of amides is 1. The van der Waals surface area contributed by atoms with E-state index < -0.39 is 0 Å². The standard InChI is InChI=1S/C21H13FN4OS2/c22-13-5-7-14(8-6-13)25-17(27)10-28-21-19-18(23-11-24-21)15-9-12-3-1-2-4-16(12)26-20(15)29-19/h1-9,11H,10H2,(H,25,27). The van der Waals surface area contributed by atoms with Crippen molar-refractivity contribution in [1.29, 1.82) is 0 Å². The maximum absolute atomic E-state index is 13.0. The van der Waals surface area contributed by atoms with Crippen molar-refractivity contribution in [1.82, 2.24) is 15.0 Å². The summed E-state index contributed by atoms with van der Waals surface area (Å²) in [5, 5.41) is 5.55. The van der Waals surface area contributed by atoms with Gasteiger partial charge in [0.05, 0.1) is 21.5 Å². The number of fused-ring (bicyclic) bond motifs is 4. The van der Waals surface area contributed by atoms with Crippen molar-refractivity contribution in [2.24, 2.45) is 0 Å². The monoisotopic (exact) mass is 420 g/mol. The van der Waals surface area contributed by atoms with Crippen LogP contribution in [0.3, 0.4) is 0 Å². The Labute approximate surface area is 173 Å². The highest BCUT2D eigenvalue weighted by molar-refractivity contribution is 8.00. The first-order valence-electron chi connectivity index (χ1n) is 8.78. The van der Waals surface area contributed by atoms with Gasteiger partial charge in [0.15, 0.2) is 0 Å². The van der Waals surface area contributed by atoms with E-state index in [1.807, 2.05) is 24.3 Å². The fraction of sp³-hybridized carbons (Fsp3) is 0.0476. The number of halogens is 1. The first-order valence-corrected chi connectivity index (χ1v) is 10.6. The summed E-state index contributed by atoms with van der Waals surface area (Å²) in [4.78, 5) is 26.7. The van der Waals surface area contributed by atoms with Crippen LogP contribution in [-0.2, 0) is 4.79 Å². The Kier molecular flexibility index (Phi) is 4.57. The number of para-hydroxylation sites is 1. The van der Waals surface area contributed by atoms with Crippen molar-refractivity contribution in [3.63, 3.8) is 0 Å². The number of thiophene rings is 1. The molecule has 1 N–H and O–H groups in total. The van der Waals surface area contributed by atoms with Gasteiger partial charge >= 0.3 is 0 Å². The third-order valence-corrected chi connectivity index (χ3v) is 6.60. The molecule has 5 rings (SSSR count). The van der Waals surface area contributed by atoms with Gasteiger partial charge in [0.1, 0.15) is 22.0 Å². The molecule has 0 unspecified atom stereocenters. The number of benzene rings is 2. The van der Waals surface area contributed by atoms with Gasteiger partial charge in [-0.1, -0.05) is 30.0 Å². The lowest BCUT2D eigenvalue weighted by Crippen LogP contribution is -2.14. The summed E-state index contributed by atoms with van der Waals surface area (Å²) in [5.41, 5.74) is 2.34. The molecule has 0 aliphatic heterocycles. The van der Waals surface area contributed by atoms with Crippen molar-refractivity contribution >= 4 is 66.0 Å². The summed E-state index contributed by atoms with van der Waals surface area (Å²) in [7, 11) is 0. The molecule has 3 aromatic heterocycles. The second-order valence-electron chi connectivity index (χ2n) is 6.34. The number of carbonyl (C=O) groups excluding carboxylic acids is 1. The summed E-state index contributed by atoms with van der Waals surface area (Å²) in [5.74, 6) is -0.335. The normalized spacial score (nSPS) is 11.3. The van der Waals surface area contributed by atoms with Gasteiger partial charge in [0.25, 0.3) is 0 Å². The Morgan fingerprint density at radius 3 is 2.79 bits per heavy atom. The Balaban J connectivity index is 1.43. The number of hydrogen-bond acceptors (Lipinski definition) is 6. The third kappa shape index (κ3) is 3.52. The van der Waals surface area contributed by atoms with Crippen LogP contribution in [0.2, 0.25) is 0 Å². The van der Waals surface area contributed by atoms with E-state index in [9.17, 15) is 9.18 Å². The molecule has 0 saturated carbocycles. The van der Waals surface area contributed by atoms with Gasteiger partial charge in [0, 0.05) is 16.5 Å². The number of aromatic nitrogens is 3. The predicted molar refractivity (Wildman–Crippen MR) is 116 cm³/mol. The fourth-order valence-electron chi connectivity index (χ4n) is 3.05. The minimum Gasteiger partial charge on any atom is -0.325 e. The number of anilines is 1. The van der Waals surface area contributed by atoms with Gasteiger partial charge in [-0.2, -0.15) is 0 Å². The fourth-order valence-corrected chi connectivity index (χ4v) is 5.04. The smallest absolute Gasteiger partial charge is 0.234 e. The summed E-state index contributed by atoms with van der Waals surface area (Å²) in [6.07, 6.45) is 1.52. The Morgan fingerprint density at radius 2 is 1.93 bits per heavy atom. The summed E-state index contributed by atoms with van der Waals surface area (Å²) >= 11 is 2.88. The number of carbonyl (C=O) groups is 1. The number of thioether (sulfide) groups is 1. The summed E-state index contributed by atoms with van der Waals surface area (Å²) in [6.45, 7) is 0. The first kappa shape index (κ1) is 18.0. The molecule has 142 valence electrons. The van der Waals surface area contributed by atoms with Crippen LogP contribution in [-0.4, -0.2) is 26.6 Å². The number of hydrogen-bond donors (Lipinski definition) is 1. The van der Waals surface area contributed by atoms with E-state index in [0.717, 1.165) is 36.4 Å². The van der Waals surface area contributed by atoms with E-state index in [1.165, 1.54) is 53.7 Å². The van der Waals surface area contributed by atoms with Crippen molar-refractivity contribution in [3.05, 3.63) is 66.7 Å². The van der Waals surface area contributed by atoms with Crippen LogP contribution < -0.4 is 5.32 Å². The summed E-state index contributed by atoms with van der Waals surface area (Å²) in [6, 6.07) is 15.7. The van der Waals surface area contributed by atoms with Crippen molar-refractivity contribution in [3.8, 4) is 0 Å². The maximum atomic E-state index is 13.0. The number of nitrogens with one attached hydrogen (secondary N) is 1. The maximum Gasteiger partial charge on any atom is 0.234 e. The van der Waals surface area contributed by atoms with Crippen LogP contribution in [0.15, 0.2) is 66.0 Å². The Hall–Kier alpha value is -3.10. The zero-order valence-electron chi connectivity index (χ0n) is 14.9. The molecular formula is C21H13FN4OS2. The van der Waals surface area contributed by atoms with Crippen LogP contribution in [0.4, 0.5) is 10.1 Å². The zero-order valence-corrected chi connectivity index (χ0v) is 16.6.